The zero-order valence-electron chi connectivity index (χ0n) is 13.9. The van der Waals surface area contributed by atoms with Gasteiger partial charge in [-0.15, -0.1) is 24.0 Å². The summed E-state index contributed by atoms with van der Waals surface area (Å²) >= 11 is 9.66. The van der Waals surface area contributed by atoms with Gasteiger partial charge in [-0.25, -0.2) is 4.99 Å². The Kier molecular flexibility index (Phi) is 9.36. The van der Waals surface area contributed by atoms with Crippen LogP contribution in [0.1, 0.15) is 19.4 Å². The topological polar surface area (TPSA) is 47.9 Å². The van der Waals surface area contributed by atoms with Crippen LogP contribution < -0.4 is 5.32 Å². The molecule has 1 amide bonds. The molecule has 0 aliphatic carbocycles. The van der Waals surface area contributed by atoms with Crippen molar-refractivity contribution in [2.24, 2.45) is 4.99 Å². The van der Waals surface area contributed by atoms with Gasteiger partial charge in [0.1, 0.15) is 0 Å². The molecule has 5 nitrogen and oxygen atoms in total. The highest BCUT2D eigenvalue weighted by Gasteiger charge is 2.20. The number of halogens is 3. The van der Waals surface area contributed by atoms with E-state index in [-0.39, 0.29) is 29.9 Å². The Balaban J connectivity index is 0.00000288. The molecule has 134 valence electrons. The summed E-state index contributed by atoms with van der Waals surface area (Å²) in [5, 5.41) is 4.03. The second kappa shape index (κ2) is 10.5. The number of guanidine groups is 1. The van der Waals surface area contributed by atoms with E-state index in [2.05, 4.69) is 26.1 Å². The Hall–Kier alpha value is -0.540. The Morgan fingerprint density at radius 1 is 1.29 bits per heavy atom. The molecule has 1 N–H and O–H groups in total. The van der Waals surface area contributed by atoms with E-state index in [0.29, 0.717) is 11.6 Å². The van der Waals surface area contributed by atoms with Crippen molar-refractivity contribution in [3.8, 4) is 0 Å². The molecule has 0 bridgehead atoms. The van der Waals surface area contributed by atoms with Crippen LogP contribution in [0.5, 0.6) is 0 Å². The normalized spacial score (nSPS) is 15.1. The van der Waals surface area contributed by atoms with Gasteiger partial charge in [-0.2, -0.15) is 0 Å². The van der Waals surface area contributed by atoms with E-state index in [1.54, 1.807) is 6.92 Å². The zero-order chi connectivity index (χ0) is 16.8. The predicted molar refractivity (Wildman–Crippen MR) is 113 cm³/mol. The lowest BCUT2D eigenvalue weighted by Gasteiger charge is -2.36. The van der Waals surface area contributed by atoms with Gasteiger partial charge in [-0.3, -0.25) is 4.79 Å². The molecule has 2 rings (SSSR count). The smallest absolute Gasteiger partial charge is 0.219 e. The third kappa shape index (κ3) is 6.07. The van der Waals surface area contributed by atoms with E-state index in [1.165, 1.54) is 0 Å². The molecule has 1 aromatic carbocycles. The molecule has 1 aromatic rings. The first-order chi connectivity index (χ1) is 11.0. The first-order valence-electron chi connectivity index (χ1n) is 7.74. The number of aliphatic imine (C=N–C) groups is 1. The van der Waals surface area contributed by atoms with Crippen LogP contribution in [0.2, 0.25) is 5.02 Å². The molecule has 1 aliphatic heterocycles. The first-order valence-corrected chi connectivity index (χ1v) is 8.91. The predicted octanol–water partition coefficient (Wildman–Crippen LogP) is 3.35. The summed E-state index contributed by atoms with van der Waals surface area (Å²) in [7, 11) is 0. The van der Waals surface area contributed by atoms with Crippen LogP contribution in [0.4, 0.5) is 0 Å². The molecule has 24 heavy (non-hydrogen) atoms. The number of rotatable bonds is 3. The fraction of sp³-hybridized carbons (Fsp3) is 0.500. The Labute approximate surface area is 174 Å². The van der Waals surface area contributed by atoms with Crippen LogP contribution >= 0.6 is 51.5 Å². The molecule has 1 fully saturated rings. The summed E-state index contributed by atoms with van der Waals surface area (Å²) in [6, 6.07) is 5.83. The molecule has 0 radical (unpaired) electrons. The van der Waals surface area contributed by atoms with Crippen LogP contribution in [0, 0.1) is 0 Å². The number of carbonyl (C=O) groups is 1. The van der Waals surface area contributed by atoms with Gasteiger partial charge in [-0.05, 0) is 24.6 Å². The fourth-order valence-electron chi connectivity index (χ4n) is 2.47. The molecule has 0 aromatic heterocycles. The summed E-state index contributed by atoms with van der Waals surface area (Å²) in [4.78, 5) is 20.2. The van der Waals surface area contributed by atoms with E-state index < -0.39 is 0 Å². The first kappa shape index (κ1) is 21.5. The zero-order valence-corrected chi connectivity index (χ0v) is 18.6. The van der Waals surface area contributed by atoms with E-state index >= 15 is 0 Å². The number of nitrogens with zero attached hydrogens (tertiary/aromatic N) is 3. The van der Waals surface area contributed by atoms with Gasteiger partial charge in [0, 0.05) is 49.1 Å². The highest BCUT2D eigenvalue weighted by Crippen LogP contribution is 2.22. The SMILES string of the molecule is CCNC(=NCc1ccc(Br)cc1Cl)N1CCN(C(C)=O)CC1.I. The molecule has 0 atom stereocenters. The molecule has 0 spiro atoms. The largest absolute Gasteiger partial charge is 0.357 e. The number of piperazine rings is 1. The molecule has 0 saturated carbocycles. The highest BCUT2D eigenvalue weighted by molar-refractivity contribution is 14.0. The number of carbonyl (C=O) groups excluding carboxylic acids is 1. The van der Waals surface area contributed by atoms with Gasteiger partial charge in [0.15, 0.2) is 5.96 Å². The van der Waals surface area contributed by atoms with Crippen molar-refractivity contribution in [3.05, 3.63) is 33.3 Å². The number of nitrogens with one attached hydrogen (secondary N) is 1. The van der Waals surface area contributed by atoms with E-state index in [0.717, 1.165) is 48.7 Å². The number of benzene rings is 1. The minimum atomic E-state index is 0. The minimum absolute atomic E-state index is 0. The number of hydrogen-bond donors (Lipinski definition) is 1. The Morgan fingerprint density at radius 3 is 2.46 bits per heavy atom. The average molecular weight is 530 g/mol. The molecule has 1 saturated heterocycles. The molecule has 1 heterocycles. The van der Waals surface area contributed by atoms with Crippen molar-refractivity contribution >= 4 is 63.4 Å². The Morgan fingerprint density at radius 2 is 1.92 bits per heavy atom. The fourth-order valence-corrected chi connectivity index (χ4v) is 3.20. The van der Waals surface area contributed by atoms with Crippen molar-refractivity contribution in [2.75, 3.05) is 32.7 Å². The molecule has 8 heteroatoms. The maximum absolute atomic E-state index is 11.4. The van der Waals surface area contributed by atoms with Crippen LogP contribution in [0.15, 0.2) is 27.7 Å². The summed E-state index contributed by atoms with van der Waals surface area (Å²) in [6.07, 6.45) is 0. The molecular formula is C16H23BrClIN4O. The van der Waals surface area contributed by atoms with Gasteiger partial charge in [-0.1, -0.05) is 33.6 Å². The number of amides is 1. The second-order valence-corrected chi connectivity index (χ2v) is 6.72. The van der Waals surface area contributed by atoms with E-state index in [1.807, 2.05) is 30.0 Å². The van der Waals surface area contributed by atoms with E-state index in [4.69, 9.17) is 16.6 Å². The van der Waals surface area contributed by atoms with Crippen LogP contribution in [-0.4, -0.2) is 54.4 Å². The summed E-state index contributed by atoms with van der Waals surface area (Å²) in [5.74, 6) is 1.00. The van der Waals surface area contributed by atoms with Gasteiger partial charge in [0.05, 0.1) is 6.54 Å². The van der Waals surface area contributed by atoms with Gasteiger partial charge in [0.25, 0.3) is 0 Å². The minimum Gasteiger partial charge on any atom is -0.357 e. The van der Waals surface area contributed by atoms with Crippen molar-refractivity contribution in [3.63, 3.8) is 0 Å². The molecule has 1 aliphatic rings. The lowest BCUT2D eigenvalue weighted by Crippen LogP contribution is -2.53. The maximum Gasteiger partial charge on any atom is 0.219 e. The summed E-state index contributed by atoms with van der Waals surface area (Å²) < 4.78 is 0.961. The maximum atomic E-state index is 11.4. The van der Waals surface area contributed by atoms with Crippen molar-refractivity contribution in [2.45, 2.75) is 20.4 Å². The molecular weight excluding hydrogens is 506 g/mol. The van der Waals surface area contributed by atoms with Crippen molar-refractivity contribution < 1.29 is 4.79 Å². The van der Waals surface area contributed by atoms with Crippen molar-refractivity contribution in [1.29, 1.82) is 0 Å². The second-order valence-electron chi connectivity index (χ2n) is 5.40. The third-order valence-electron chi connectivity index (χ3n) is 3.77. The van der Waals surface area contributed by atoms with Crippen LogP contribution in [-0.2, 0) is 11.3 Å². The Bertz CT molecular complexity index is 591. The molecule has 0 unspecified atom stereocenters. The lowest BCUT2D eigenvalue weighted by molar-refractivity contribution is -0.130. The van der Waals surface area contributed by atoms with Gasteiger partial charge < -0.3 is 15.1 Å². The lowest BCUT2D eigenvalue weighted by atomic mass is 10.2. The van der Waals surface area contributed by atoms with Crippen LogP contribution in [0.25, 0.3) is 0 Å². The van der Waals surface area contributed by atoms with Gasteiger partial charge in [0.2, 0.25) is 5.91 Å². The quantitative estimate of drug-likeness (QED) is 0.371. The van der Waals surface area contributed by atoms with Crippen molar-refractivity contribution in [1.82, 2.24) is 15.1 Å². The monoisotopic (exact) mass is 528 g/mol. The summed E-state index contributed by atoms with van der Waals surface area (Å²) in [6.45, 7) is 8.05. The summed E-state index contributed by atoms with van der Waals surface area (Å²) in [5.41, 5.74) is 0.993. The third-order valence-corrected chi connectivity index (χ3v) is 4.62. The van der Waals surface area contributed by atoms with Gasteiger partial charge >= 0.3 is 0 Å². The van der Waals surface area contributed by atoms with E-state index in [9.17, 15) is 4.79 Å². The van der Waals surface area contributed by atoms with Crippen LogP contribution in [0.3, 0.4) is 0 Å². The number of hydrogen-bond acceptors (Lipinski definition) is 2. The average Bonchev–Trinajstić information content (AvgIpc) is 2.53. The standard InChI is InChI=1S/C16H22BrClN4O.HI/c1-3-19-16(22-8-6-21(7-9-22)12(2)23)20-11-13-4-5-14(17)10-15(13)18;/h4-5,10H,3,6-9,11H2,1-2H3,(H,19,20);1H. The highest BCUT2D eigenvalue weighted by atomic mass is 127.